The zero-order valence-electron chi connectivity index (χ0n) is 20.7. The van der Waals surface area contributed by atoms with E-state index in [1.165, 1.54) is 31.2 Å². The molecule has 0 amide bonds. The molecule has 34 heavy (non-hydrogen) atoms. The van der Waals surface area contributed by atoms with E-state index < -0.39 is 0 Å². The molecule has 0 spiro atoms. The van der Waals surface area contributed by atoms with E-state index in [4.69, 9.17) is 15.5 Å². The molecule has 4 rings (SSSR count). The fourth-order valence-corrected chi connectivity index (χ4v) is 5.22. The molecular weight excluding hydrogens is 422 g/mol. The van der Waals surface area contributed by atoms with Gasteiger partial charge in [0.05, 0.1) is 0 Å². The summed E-state index contributed by atoms with van der Waals surface area (Å²) < 4.78 is 5.96. The first-order valence-electron chi connectivity index (χ1n) is 12.9. The molecule has 2 aromatic carbocycles. The Morgan fingerprint density at radius 1 is 1.03 bits per heavy atom. The van der Waals surface area contributed by atoms with Crippen molar-refractivity contribution >= 4 is 11.6 Å². The zero-order chi connectivity index (χ0) is 23.8. The molecule has 4 unspecified atom stereocenters. The third-order valence-electron chi connectivity index (χ3n) is 6.94. The minimum absolute atomic E-state index is 0.431. The number of ether oxygens (including phenoxy) is 1. The van der Waals surface area contributed by atoms with Crippen LogP contribution in [0.1, 0.15) is 45.1 Å². The first-order valence-corrected chi connectivity index (χ1v) is 12.9. The number of piperazine rings is 1. The van der Waals surface area contributed by atoms with Gasteiger partial charge in [-0.15, -0.1) is 0 Å². The Balaban J connectivity index is 1.42. The highest BCUT2D eigenvalue weighted by Crippen LogP contribution is 2.28. The lowest BCUT2D eigenvalue weighted by atomic mass is 9.81. The fraction of sp³-hybridized carbons (Fsp3) is 0.536. The summed E-state index contributed by atoms with van der Waals surface area (Å²) in [6.07, 6.45) is 5.01. The van der Waals surface area contributed by atoms with Gasteiger partial charge >= 0.3 is 0 Å². The van der Waals surface area contributed by atoms with Crippen molar-refractivity contribution in [2.24, 2.45) is 22.6 Å². The average molecular weight is 464 g/mol. The van der Waals surface area contributed by atoms with Crippen LogP contribution in [0, 0.1) is 11.8 Å². The monoisotopic (exact) mass is 463 g/mol. The number of hydrogen-bond acceptors (Lipinski definition) is 4. The molecule has 0 radical (unpaired) electrons. The molecule has 2 fully saturated rings. The third kappa shape index (κ3) is 7.21. The van der Waals surface area contributed by atoms with Crippen LogP contribution in [0.2, 0.25) is 0 Å². The standard InChI is InChI=1S/C28H41N5O/c1-21-18-33(19-22(2)31-21)28(30-17-25-10-6-9-24(15-25)16-29)32-26-11-13-27(14-12-26)34-20-23-7-4-3-5-8-23/h3-5,7-8,11-14,21-22,24-25,31H,6,9-10,15-20,29H2,1-2H3,(H,30,32). The maximum atomic E-state index is 5.96. The van der Waals surface area contributed by atoms with Gasteiger partial charge in [0, 0.05) is 37.4 Å². The quantitative estimate of drug-likeness (QED) is 0.417. The van der Waals surface area contributed by atoms with Gasteiger partial charge in [0.2, 0.25) is 0 Å². The van der Waals surface area contributed by atoms with Crippen molar-refractivity contribution in [1.29, 1.82) is 0 Å². The molecule has 0 aromatic heterocycles. The lowest BCUT2D eigenvalue weighted by Crippen LogP contribution is -2.57. The molecule has 1 saturated heterocycles. The Morgan fingerprint density at radius 2 is 1.74 bits per heavy atom. The van der Waals surface area contributed by atoms with Gasteiger partial charge in [-0.05, 0) is 81.3 Å². The number of benzene rings is 2. The number of nitrogens with two attached hydrogens (primary N) is 1. The van der Waals surface area contributed by atoms with Crippen molar-refractivity contribution in [3.05, 3.63) is 60.2 Å². The van der Waals surface area contributed by atoms with Crippen molar-refractivity contribution < 1.29 is 4.74 Å². The van der Waals surface area contributed by atoms with Crippen LogP contribution in [0.4, 0.5) is 5.69 Å². The van der Waals surface area contributed by atoms with Crippen LogP contribution in [0.5, 0.6) is 5.75 Å². The van der Waals surface area contributed by atoms with Crippen LogP contribution < -0.4 is 21.1 Å². The summed E-state index contributed by atoms with van der Waals surface area (Å²) in [4.78, 5) is 7.53. The summed E-state index contributed by atoms with van der Waals surface area (Å²) in [7, 11) is 0. The summed E-state index contributed by atoms with van der Waals surface area (Å²) in [5.74, 6) is 3.14. The highest BCUT2D eigenvalue weighted by atomic mass is 16.5. The third-order valence-corrected chi connectivity index (χ3v) is 6.94. The fourth-order valence-electron chi connectivity index (χ4n) is 5.22. The van der Waals surface area contributed by atoms with Crippen LogP contribution in [-0.4, -0.2) is 49.1 Å². The zero-order valence-corrected chi connectivity index (χ0v) is 20.7. The largest absolute Gasteiger partial charge is 0.489 e. The molecule has 4 atom stereocenters. The topological polar surface area (TPSA) is 74.9 Å². The second-order valence-corrected chi connectivity index (χ2v) is 10.1. The highest BCUT2D eigenvalue weighted by Gasteiger charge is 2.25. The van der Waals surface area contributed by atoms with Gasteiger partial charge in [-0.25, -0.2) is 0 Å². The predicted octanol–water partition coefficient (Wildman–Crippen LogP) is 4.48. The number of nitrogens with zero attached hydrogens (tertiary/aromatic N) is 2. The van der Waals surface area contributed by atoms with E-state index in [1.54, 1.807) is 0 Å². The summed E-state index contributed by atoms with van der Waals surface area (Å²) in [6.45, 7) is 8.62. The minimum atomic E-state index is 0.431. The van der Waals surface area contributed by atoms with Crippen LogP contribution in [-0.2, 0) is 6.61 Å². The molecular formula is C28H41N5O. The molecule has 1 saturated carbocycles. The number of hydrogen-bond donors (Lipinski definition) is 3. The molecule has 2 aliphatic rings. The normalized spacial score (nSPS) is 25.7. The Bertz CT molecular complexity index is 891. The van der Waals surface area contributed by atoms with Crippen molar-refractivity contribution in [2.45, 2.75) is 58.2 Å². The highest BCUT2D eigenvalue weighted by molar-refractivity contribution is 5.93. The van der Waals surface area contributed by atoms with Gasteiger partial charge in [0.25, 0.3) is 0 Å². The Labute approximate surface area is 205 Å². The Kier molecular flexibility index (Phi) is 8.83. The van der Waals surface area contributed by atoms with Gasteiger partial charge in [-0.1, -0.05) is 36.8 Å². The number of guanidine groups is 1. The van der Waals surface area contributed by atoms with Gasteiger partial charge in [0.1, 0.15) is 12.4 Å². The van der Waals surface area contributed by atoms with E-state index in [2.05, 4.69) is 53.6 Å². The lowest BCUT2D eigenvalue weighted by molar-refractivity contribution is 0.251. The Morgan fingerprint density at radius 3 is 2.44 bits per heavy atom. The van der Waals surface area contributed by atoms with Gasteiger partial charge < -0.3 is 26.0 Å². The predicted molar refractivity (Wildman–Crippen MR) is 141 cm³/mol. The molecule has 6 heteroatoms. The smallest absolute Gasteiger partial charge is 0.198 e. The second kappa shape index (κ2) is 12.2. The van der Waals surface area contributed by atoms with E-state index >= 15 is 0 Å². The molecule has 1 aliphatic heterocycles. The lowest BCUT2D eigenvalue weighted by Gasteiger charge is -2.38. The number of rotatable bonds is 7. The van der Waals surface area contributed by atoms with E-state index in [0.717, 1.165) is 43.6 Å². The molecule has 2 aromatic rings. The SMILES string of the molecule is CC1CN(C(=NCC2CCCC(CN)C2)Nc2ccc(OCc3ccccc3)cc2)CC(C)N1. The summed E-state index contributed by atoms with van der Waals surface area (Å²) in [5, 5.41) is 7.25. The van der Waals surface area contributed by atoms with Gasteiger partial charge in [0.15, 0.2) is 5.96 Å². The minimum Gasteiger partial charge on any atom is -0.489 e. The maximum Gasteiger partial charge on any atom is 0.198 e. The van der Waals surface area contributed by atoms with E-state index in [-0.39, 0.29) is 0 Å². The van der Waals surface area contributed by atoms with Crippen molar-refractivity contribution in [3.8, 4) is 5.75 Å². The second-order valence-electron chi connectivity index (χ2n) is 10.1. The maximum absolute atomic E-state index is 5.96. The molecule has 0 bridgehead atoms. The number of aliphatic imine (C=N–C) groups is 1. The Hall–Kier alpha value is -2.57. The van der Waals surface area contributed by atoms with Gasteiger partial charge in [-0.2, -0.15) is 0 Å². The van der Waals surface area contributed by atoms with Crippen LogP contribution in [0.3, 0.4) is 0 Å². The molecule has 4 N–H and O–H groups in total. The number of nitrogens with one attached hydrogen (secondary N) is 2. The van der Waals surface area contributed by atoms with Crippen molar-refractivity contribution in [2.75, 3.05) is 31.5 Å². The summed E-state index contributed by atoms with van der Waals surface area (Å²) in [6, 6.07) is 19.3. The van der Waals surface area contributed by atoms with Crippen LogP contribution in [0.25, 0.3) is 0 Å². The first kappa shape index (κ1) is 24.6. The van der Waals surface area contributed by atoms with Crippen LogP contribution in [0.15, 0.2) is 59.6 Å². The molecule has 1 aliphatic carbocycles. The number of anilines is 1. The molecule has 1 heterocycles. The van der Waals surface area contributed by atoms with Crippen LogP contribution >= 0.6 is 0 Å². The first-order chi connectivity index (χ1) is 16.6. The summed E-state index contributed by atoms with van der Waals surface area (Å²) >= 11 is 0. The van der Waals surface area contributed by atoms with E-state index in [1.807, 2.05) is 30.3 Å². The van der Waals surface area contributed by atoms with Crippen molar-refractivity contribution in [1.82, 2.24) is 10.2 Å². The average Bonchev–Trinajstić information content (AvgIpc) is 2.86. The molecule has 184 valence electrons. The van der Waals surface area contributed by atoms with Crippen molar-refractivity contribution in [3.63, 3.8) is 0 Å². The molecule has 6 nitrogen and oxygen atoms in total. The van der Waals surface area contributed by atoms with Gasteiger partial charge in [-0.3, -0.25) is 4.99 Å². The summed E-state index contributed by atoms with van der Waals surface area (Å²) in [5.41, 5.74) is 8.17. The van der Waals surface area contributed by atoms with E-state index in [9.17, 15) is 0 Å². The van der Waals surface area contributed by atoms with E-state index in [0.29, 0.717) is 30.5 Å².